The lowest BCUT2D eigenvalue weighted by molar-refractivity contribution is 0.0557. The lowest BCUT2D eigenvalue weighted by Gasteiger charge is -2.29. The van der Waals surface area contributed by atoms with Crippen LogP contribution in [-0.4, -0.2) is 35.5 Å². The molecule has 150 valence electrons. The lowest BCUT2D eigenvalue weighted by Crippen LogP contribution is -2.36. The Morgan fingerprint density at radius 2 is 1.83 bits per heavy atom. The van der Waals surface area contributed by atoms with Crippen LogP contribution in [-0.2, 0) is 17.7 Å². The molecule has 3 aromatic rings. The van der Waals surface area contributed by atoms with E-state index in [4.69, 9.17) is 4.42 Å². The maximum Gasteiger partial charge on any atom is 0.373 e. The normalized spacial score (nSPS) is 12.5. The molecule has 6 nitrogen and oxygen atoms in total. The topological polar surface area (TPSA) is 80.0 Å². The smallest absolute Gasteiger partial charge is 0.373 e. The number of hydrogen-bond acceptors (Lipinski definition) is 5. The van der Waals surface area contributed by atoms with Crippen molar-refractivity contribution in [3.63, 3.8) is 0 Å². The lowest BCUT2D eigenvalue weighted by atomic mass is 9.94. The van der Waals surface area contributed by atoms with Crippen LogP contribution in [0.4, 0.5) is 0 Å². The summed E-state index contributed by atoms with van der Waals surface area (Å²) >= 11 is 0. The van der Waals surface area contributed by atoms with Crippen LogP contribution in [0.25, 0.3) is 0 Å². The Balaban J connectivity index is 1.61. The minimum Gasteiger partial charge on any atom is -0.508 e. The molecule has 0 spiro atoms. The molecule has 2 aromatic carbocycles. The highest BCUT2D eigenvalue weighted by Crippen LogP contribution is 2.28. The van der Waals surface area contributed by atoms with Crippen LogP contribution in [0.5, 0.6) is 5.75 Å². The van der Waals surface area contributed by atoms with Crippen molar-refractivity contribution >= 4 is 11.9 Å². The quantitative estimate of drug-likeness (QED) is 0.526. The zero-order valence-electron chi connectivity index (χ0n) is 16.3. The van der Waals surface area contributed by atoms with Gasteiger partial charge in [-0.3, -0.25) is 4.79 Å². The first-order valence-electron chi connectivity index (χ1n) is 9.44. The van der Waals surface area contributed by atoms with Crippen LogP contribution in [0.1, 0.15) is 43.4 Å². The molecule has 0 aliphatic carbocycles. The number of esters is 1. The van der Waals surface area contributed by atoms with Crippen LogP contribution in [0.3, 0.4) is 0 Å². The Labute approximate surface area is 173 Å². The van der Waals surface area contributed by atoms with Crippen molar-refractivity contribution in [3.05, 3.63) is 88.4 Å². The van der Waals surface area contributed by atoms with E-state index in [1.807, 2.05) is 30.3 Å². The molecule has 0 unspecified atom stereocenters. The summed E-state index contributed by atoms with van der Waals surface area (Å²) in [7, 11) is 1.25. The van der Waals surface area contributed by atoms with Gasteiger partial charge in [-0.25, -0.2) is 4.79 Å². The van der Waals surface area contributed by atoms with E-state index in [0.29, 0.717) is 25.1 Å². The molecule has 1 aliphatic rings. The maximum atomic E-state index is 12.9. The molecule has 0 atom stereocenters. The third-order valence-corrected chi connectivity index (χ3v) is 4.93. The number of carbonyl (C=O) groups excluding carboxylic acids is 2. The van der Waals surface area contributed by atoms with E-state index in [1.165, 1.54) is 19.2 Å². The minimum atomic E-state index is -0.632. The number of aromatic hydroxyl groups is 1. The number of fused-ring (bicyclic) bond motifs is 1. The molecule has 4 rings (SSSR count). The predicted molar refractivity (Wildman–Crippen MR) is 109 cm³/mol. The maximum absolute atomic E-state index is 12.9. The fourth-order valence-corrected chi connectivity index (χ4v) is 3.42. The van der Waals surface area contributed by atoms with E-state index >= 15 is 0 Å². The standard InChI is InChI=1S/C24H19NO5/c1-29-24(28)22-10-9-21(30-22)23(27)25-12-11-18-14-19(26)13-17(20(18)15-25)8-7-16-5-3-2-4-6-16/h2-6,9-10,13-14,26H,11-12,15H2,1H3. The number of rotatable bonds is 2. The molecular weight excluding hydrogens is 382 g/mol. The number of amides is 1. The number of carbonyl (C=O) groups is 2. The van der Waals surface area contributed by atoms with Crippen LogP contribution < -0.4 is 0 Å². The van der Waals surface area contributed by atoms with Gasteiger partial charge in [-0.1, -0.05) is 30.0 Å². The largest absolute Gasteiger partial charge is 0.508 e. The van der Waals surface area contributed by atoms with Crippen molar-refractivity contribution in [2.24, 2.45) is 0 Å². The summed E-state index contributed by atoms with van der Waals surface area (Å²) < 4.78 is 9.98. The molecular formula is C24H19NO5. The minimum absolute atomic E-state index is 0.0161. The zero-order valence-corrected chi connectivity index (χ0v) is 16.3. The van der Waals surface area contributed by atoms with E-state index in [-0.39, 0.29) is 23.2 Å². The van der Waals surface area contributed by atoms with Gasteiger partial charge in [-0.05, 0) is 53.9 Å². The average molecular weight is 401 g/mol. The summed E-state index contributed by atoms with van der Waals surface area (Å²) in [5, 5.41) is 10.1. The summed E-state index contributed by atoms with van der Waals surface area (Å²) in [6.07, 6.45) is 0.583. The summed E-state index contributed by atoms with van der Waals surface area (Å²) in [5.41, 5.74) is 3.41. The molecule has 6 heteroatoms. The Morgan fingerprint density at radius 3 is 2.60 bits per heavy atom. The second-order valence-electron chi connectivity index (χ2n) is 6.88. The summed E-state index contributed by atoms with van der Waals surface area (Å²) in [5.74, 6) is 5.49. The van der Waals surface area contributed by atoms with E-state index in [0.717, 1.165) is 16.7 Å². The predicted octanol–water partition coefficient (Wildman–Crippen LogP) is 3.37. The van der Waals surface area contributed by atoms with Crippen molar-refractivity contribution in [2.75, 3.05) is 13.7 Å². The summed E-state index contributed by atoms with van der Waals surface area (Å²) in [6, 6.07) is 15.8. The molecule has 0 radical (unpaired) electrons. The Kier molecular flexibility index (Phi) is 5.27. The second kappa shape index (κ2) is 8.18. The van der Waals surface area contributed by atoms with Gasteiger partial charge in [-0.15, -0.1) is 0 Å². The van der Waals surface area contributed by atoms with Gasteiger partial charge >= 0.3 is 5.97 Å². The SMILES string of the molecule is COC(=O)c1ccc(C(=O)N2CCc3cc(O)cc(C#Cc4ccccc4)c3C2)o1. The van der Waals surface area contributed by atoms with Crippen molar-refractivity contribution in [2.45, 2.75) is 13.0 Å². The Hall–Kier alpha value is -3.98. The number of ether oxygens (including phenoxy) is 1. The van der Waals surface area contributed by atoms with Crippen LogP contribution in [0, 0.1) is 11.8 Å². The number of methoxy groups -OCH3 is 1. The number of benzene rings is 2. The van der Waals surface area contributed by atoms with Crippen LogP contribution >= 0.6 is 0 Å². The highest BCUT2D eigenvalue weighted by Gasteiger charge is 2.26. The van der Waals surface area contributed by atoms with Crippen molar-refractivity contribution in [1.29, 1.82) is 0 Å². The molecule has 0 saturated heterocycles. The fraction of sp³-hybridized carbons (Fsp3) is 0.167. The highest BCUT2D eigenvalue weighted by molar-refractivity contribution is 5.94. The monoisotopic (exact) mass is 401 g/mol. The van der Waals surface area contributed by atoms with Crippen molar-refractivity contribution < 1.29 is 23.8 Å². The molecule has 1 N–H and O–H groups in total. The number of phenols is 1. The Bertz CT molecular complexity index is 1170. The van der Waals surface area contributed by atoms with Crippen LogP contribution in [0.2, 0.25) is 0 Å². The van der Waals surface area contributed by atoms with Gasteiger partial charge in [0.1, 0.15) is 5.75 Å². The molecule has 30 heavy (non-hydrogen) atoms. The number of phenolic OH excluding ortho intramolecular Hbond substituents is 1. The molecule has 0 fully saturated rings. The first-order chi connectivity index (χ1) is 14.5. The highest BCUT2D eigenvalue weighted by atomic mass is 16.5. The number of hydrogen-bond donors (Lipinski definition) is 1. The molecule has 1 aromatic heterocycles. The molecule has 0 bridgehead atoms. The second-order valence-corrected chi connectivity index (χ2v) is 6.88. The third-order valence-electron chi connectivity index (χ3n) is 4.93. The van der Waals surface area contributed by atoms with E-state index in [9.17, 15) is 14.7 Å². The molecule has 1 aliphatic heterocycles. The summed E-state index contributed by atoms with van der Waals surface area (Å²) in [4.78, 5) is 26.1. The van der Waals surface area contributed by atoms with Gasteiger partial charge < -0.3 is 19.2 Å². The molecule has 2 heterocycles. The third kappa shape index (κ3) is 3.91. The van der Waals surface area contributed by atoms with Crippen molar-refractivity contribution in [1.82, 2.24) is 4.90 Å². The van der Waals surface area contributed by atoms with Gasteiger partial charge in [0.25, 0.3) is 5.91 Å². The Morgan fingerprint density at radius 1 is 1.07 bits per heavy atom. The van der Waals surface area contributed by atoms with Gasteiger partial charge in [-0.2, -0.15) is 0 Å². The van der Waals surface area contributed by atoms with E-state index < -0.39 is 5.97 Å². The molecule has 0 saturated carbocycles. The average Bonchev–Trinajstić information content (AvgIpc) is 3.27. The first-order valence-corrected chi connectivity index (χ1v) is 9.44. The van der Waals surface area contributed by atoms with E-state index in [2.05, 4.69) is 16.6 Å². The first kappa shape index (κ1) is 19.3. The zero-order chi connectivity index (χ0) is 21.1. The van der Waals surface area contributed by atoms with Gasteiger partial charge in [0.05, 0.1) is 7.11 Å². The summed E-state index contributed by atoms with van der Waals surface area (Å²) in [6.45, 7) is 0.802. The van der Waals surface area contributed by atoms with Gasteiger partial charge in [0, 0.05) is 24.2 Å². The van der Waals surface area contributed by atoms with Crippen molar-refractivity contribution in [3.8, 4) is 17.6 Å². The fourth-order valence-electron chi connectivity index (χ4n) is 3.42. The van der Waals surface area contributed by atoms with Gasteiger partial charge in [0.15, 0.2) is 5.76 Å². The molecule has 1 amide bonds. The van der Waals surface area contributed by atoms with E-state index in [1.54, 1.807) is 17.0 Å². The van der Waals surface area contributed by atoms with Crippen LogP contribution in [0.15, 0.2) is 59.0 Å². The van der Waals surface area contributed by atoms with Gasteiger partial charge in [0.2, 0.25) is 5.76 Å². The number of furan rings is 1. The number of nitrogens with zero attached hydrogens (tertiary/aromatic N) is 1.